The zero-order valence-electron chi connectivity index (χ0n) is 15.6. The molecular formula is C18H22Cl4FN5O2. The van der Waals surface area contributed by atoms with E-state index in [2.05, 4.69) is 20.2 Å². The van der Waals surface area contributed by atoms with Crippen LogP contribution in [-0.2, 0) is 11.3 Å². The average Bonchev–Trinajstić information content (AvgIpc) is 3.10. The lowest BCUT2D eigenvalue weighted by molar-refractivity contribution is -0.124. The van der Waals surface area contributed by atoms with Crippen LogP contribution in [0.25, 0.3) is 6.08 Å². The maximum Gasteiger partial charge on any atom is 0.267 e. The van der Waals surface area contributed by atoms with E-state index < -0.39 is 11.7 Å². The summed E-state index contributed by atoms with van der Waals surface area (Å²) in [7, 11) is 0. The van der Waals surface area contributed by atoms with E-state index >= 15 is 0 Å². The lowest BCUT2D eigenvalue weighted by atomic mass is 10.2. The van der Waals surface area contributed by atoms with E-state index in [1.807, 2.05) is 6.07 Å². The lowest BCUT2D eigenvalue weighted by Gasteiger charge is -2.18. The minimum absolute atomic E-state index is 0. The van der Waals surface area contributed by atoms with Gasteiger partial charge in [0.1, 0.15) is 0 Å². The zero-order chi connectivity index (χ0) is 19.2. The second kappa shape index (κ2) is 13.6. The number of carbonyl (C=O) groups is 1. The first-order valence-corrected chi connectivity index (χ1v) is 8.78. The lowest BCUT2D eigenvalue weighted by Crippen LogP contribution is -2.26. The molecule has 1 amide bonds. The van der Waals surface area contributed by atoms with Crippen molar-refractivity contribution in [2.24, 2.45) is 0 Å². The summed E-state index contributed by atoms with van der Waals surface area (Å²) in [4.78, 5) is 21.3. The van der Waals surface area contributed by atoms with Crippen molar-refractivity contribution in [3.05, 3.63) is 58.8 Å². The molecule has 0 radical (unpaired) electrons. The highest BCUT2D eigenvalue weighted by Gasteiger charge is 2.24. The van der Waals surface area contributed by atoms with Crippen LogP contribution >= 0.6 is 48.8 Å². The second-order valence-corrected chi connectivity index (χ2v) is 6.65. The Morgan fingerprint density at radius 3 is 2.80 bits per heavy atom. The largest absolute Gasteiger partial charge is 0.364 e. The smallest absolute Gasteiger partial charge is 0.267 e. The van der Waals surface area contributed by atoms with Crippen LogP contribution in [0.4, 0.5) is 10.2 Å². The topological polar surface area (TPSA) is 90.4 Å². The molecule has 0 spiro atoms. The Morgan fingerprint density at radius 2 is 2.13 bits per heavy atom. The highest BCUT2D eigenvalue weighted by atomic mass is 35.5. The van der Waals surface area contributed by atoms with Gasteiger partial charge in [0.05, 0.1) is 5.02 Å². The minimum atomic E-state index is -0.696. The molecule has 0 aliphatic carbocycles. The molecule has 1 saturated heterocycles. The van der Waals surface area contributed by atoms with Crippen molar-refractivity contribution in [3.8, 4) is 0 Å². The Balaban J connectivity index is 0.00000280. The van der Waals surface area contributed by atoms with Crippen LogP contribution in [0.2, 0.25) is 5.02 Å². The summed E-state index contributed by atoms with van der Waals surface area (Å²) in [5.41, 5.74) is 2.90. The maximum atomic E-state index is 14.3. The Bertz CT molecular complexity index is 859. The fourth-order valence-electron chi connectivity index (χ4n) is 2.92. The third kappa shape index (κ3) is 7.86. The van der Waals surface area contributed by atoms with Crippen LogP contribution in [0, 0.1) is 5.82 Å². The molecule has 3 N–H and O–H groups in total. The molecule has 2 aromatic rings. The number of carbonyl (C=O) groups excluding carboxylic acids is 1. The van der Waals surface area contributed by atoms with Gasteiger partial charge in [-0.3, -0.25) is 19.9 Å². The van der Waals surface area contributed by atoms with E-state index in [4.69, 9.17) is 16.8 Å². The van der Waals surface area contributed by atoms with Crippen molar-refractivity contribution in [1.29, 1.82) is 0 Å². The van der Waals surface area contributed by atoms with Gasteiger partial charge < -0.3 is 5.32 Å². The number of likely N-dealkylation sites (tertiary alicyclic amines) is 1. The van der Waals surface area contributed by atoms with E-state index in [-0.39, 0.29) is 49.1 Å². The monoisotopic (exact) mass is 499 g/mol. The molecule has 0 aromatic carbocycles. The number of aromatic nitrogens is 2. The average molecular weight is 501 g/mol. The highest BCUT2D eigenvalue weighted by molar-refractivity contribution is 6.31. The number of hydrogen-bond acceptors (Lipinski definition) is 6. The molecule has 12 heteroatoms. The molecule has 1 aliphatic rings. The van der Waals surface area contributed by atoms with Crippen molar-refractivity contribution in [3.63, 3.8) is 0 Å². The van der Waals surface area contributed by atoms with E-state index in [1.165, 1.54) is 23.8 Å². The highest BCUT2D eigenvalue weighted by Crippen LogP contribution is 2.22. The third-order valence-electron chi connectivity index (χ3n) is 4.26. The summed E-state index contributed by atoms with van der Waals surface area (Å²) in [5.74, 6) is -1.03. The van der Waals surface area contributed by atoms with Crippen molar-refractivity contribution >= 4 is 66.6 Å². The summed E-state index contributed by atoms with van der Waals surface area (Å²) < 4.78 is 14.3. The molecular weight excluding hydrogens is 479 g/mol. The third-order valence-corrected chi connectivity index (χ3v) is 4.60. The van der Waals surface area contributed by atoms with Crippen molar-refractivity contribution in [2.45, 2.75) is 19.0 Å². The molecule has 2 aromatic heterocycles. The fourth-order valence-corrected chi connectivity index (χ4v) is 3.10. The Morgan fingerprint density at radius 1 is 1.37 bits per heavy atom. The molecule has 0 unspecified atom stereocenters. The summed E-state index contributed by atoms with van der Waals surface area (Å²) in [6.07, 6.45) is 8.11. The van der Waals surface area contributed by atoms with Crippen LogP contribution in [-0.4, -0.2) is 45.1 Å². The number of rotatable bonds is 6. The van der Waals surface area contributed by atoms with Gasteiger partial charge in [-0.25, -0.2) is 14.9 Å². The van der Waals surface area contributed by atoms with Crippen molar-refractivity contribution in [1.82, 2.24) is 20.3 Å². The SMILES string of the molecule is Cl.Cl.Cl.O=C(C=Cc1cnc(N[C@@H]2CCN(Cc3ccncc3Cl)C2)c(F)c1)NO. The molecule has 0 saturated carbocycles. The van der Waals surface area contributed by atoms with E-state index in [0.717, 1.165) is 31.1 Å². The van der Waals surface area contributed by atoms with E-state index in [0.29, 0.717) is 17.1 Å². The molecule has 30 heavy (non-hydrogen) atoms. The number of nitrogens with zero attached hydrogens (tertiary/aromatic N) is 3. The van der Waals surface area contributed by atoms with Gasteiger partial charge in [-0.15, -0.1) is 37.2 Å². The van der Waals surface area contributed by atoms with Gasteiger partial charge in [0.25, 0.3) is 5.91 Å². The summed E-state index contributed by atoms with van der Waals surface area (Å²) in [6.45, 7) is 2.33. The van der Waals surface area contributed by atoms with Gasteiger partial charge >= 0.3 is 0 Å². The number of pyridine rings is 2. The molecule has 7 nitrogen and oxygen atoms in total. The number of nitrogens with one attached hydrogen (secondary N) is 2. The predicted molar refractivity (Wildman–Crippen MR) is 121 cm³/mol. The number of anilines is 1. The van der Waals surface area contributed by atoms with Gasteiger partial charge in [0, 0.05) is 50.3 Å². The summed E-state index contributed by atoms with van der Waals surface area (Å²) >= 11 is 6.15. The van der Waals surface area contributed by atoms with Gasteiger partial charge in [0.2, 0.25) is 0 Å². The Kier molecular flexibility index (Phi) is 12.8. The van der Waals surface area contributed by atoms with Crippen LogP contribution in [0.3, 0.4) is 0 Å². The Labute approximate surface area is 197 Å². The standard InChI is InChI=1S/C18H19ClFN5O2.3ClH/c19-15-9-21-5-3-13(15)10-25-6-4-14(11-25)23-18-16(20)7-12(8-22-18)1-2-17(26)24-27;;;/h1-3,5,7-9,14,27H,4,6,10-11H2,(H,22,23)(H,24,26);3*1H/t14-;;;/m1.../s1. The van der Waals surface area contributed by atoms with Crippen LogP contribution in [0.1, 0.15) is 17.5 Å². The van der Waals surface area contributed by atoms with Gasteiger partial charge in [-0.1, -0.05) is 11.6 Å². The molecule has 0 bridgehead atoms. The first kappa shape index (κ1) is 28.3. The maximum absolute atomic E-state index is 14.3. The number of hydroxylamine groups is 1. The van der Waals surface area contributed by atoms with Crippen LogP contribution < -0.4 is 10.8 Å². The fraction of sp³-hybridized carbons (Fsp3) is 0.278. The molecule has 1 atom stereocenters. The predicted octanol–water partition coefficient (Wildman–Crippen LogP) is 3.74. The first-order chi connectivity index (χ1) is 13.0. The minimum Gasteiger partial charge on any atom is -0.364 e. The second-order valence-electron chi connectivity index (χ2n) is 6.24. The molecule has 166 valence electrons. The first-order valence-electron chi connectivity index (χ1n) is 8.40. The molecule has 3 heterocycles. The quantitative estimate of drug-likeness (QED) is 0.318. The van der Waals surface area contributed by atoms with Gasteiger partial charge in [-0.05, 0) is 35.8 Å². The molecule has 3 rings (SSSR count). The van der Waals surface area contributed by atoms with Crippen LogP contribution in [0.15, 0.2) is 36.8 Å². The van der Waals surface area contributed by atoms with E-state index in [9.17, 15) is 9.18 Å². The number of amides is 1. The Hall–Kier alpha value is -1.68. The van der Waals surface area contributed by atoms with E-state index in [1.54, 1.807) is 12.4 Å². The normalized spacial score (nSPS) is 15.6. The summed E-state index contributed by atoms with van der Waals surface area (Å²) in [6, 6.07) is 3.25. The van der Waals surface area contributed by atoms with Gasteiger partial charge in [0.15, 0.2) is 11.6 Å². The molecule has 1 fully saturated rings. The summed E-state index contributed by atoms with van der Waals surface area (Å²) in [5, 5.41) is 12.2. The molecule has 1 aliphatic heterocycles. The van der Waals surface area contributed by atoms with Crippen molar-refractivity contribution in [2.75, 3.05) is 18.4 Å². The van der Waals surface area contributed by atoms with Crippen LogP contribution in [0.5, 0.6) is 0 Å². The number of hydrogen-bond donors (Lipinski definition) is 3. The van der Waals surface area contributed by atoms with Gasteiger partial charge in [-0.2, -0.15) is 0 Å². The number of halogens is 5. The van der Waals surface area contributed by atoms with Crippen molar-refractivity contribution < 1.29 is 14.4 Å². The zero-order valence-corrected chi connectivity index (χ0v) is 18.8.